The summed E-state index contributed by atoms with van der Waals surface area (Å²) in [5.74, 6) is 0. The fourth-order valence-corrected chi connectivity index (χ4v) is 2.85. The fraction of sp³-hybridized carbons (Fsp3) is 0.800. The molecule has 1 aliphatic heterocycles. The molecule has 1 aliphatic rings. The Kier molecular flexibility index (Phi) is 2.15. The Bertz CT molecular complexity index is 19.4. The Labute approximate surface area is 49.6 Å². The predicted molar refractivity (Wildman–Crippen MR) is 23.3 cm³/mol. The standard InChI is InChI=1S/C5H9I/c1-2-4-6-5-3-1/h1H,2-5H2. The van der Waals surface area contributed by atoms with Crippen LogP contribution in [0.15, 0.2) is 0 Å². The Hall–Kier alpha value is 0.600. The molecular formula is C5H9I. The zero-order valence-corrected chi connectivity index (χ0v) is 5.94. The van der Waals surface area contributed by atoms with Gasteiger partial charge in [0.25, 0.3) is 0 Å². The van der Waals surface area contributed by atoms with E-state index in [0.29, 0.717) is 21.2 Å². The van der Waals surface area contributed by atoms with E-state index >= 15 is 0 Å². The Morgan fingerprint density at radius 1 is 1.17 bits per heavy atom. The van der Waals surface area contributed by atoms with E-state index in [1.807, 2.05) is 0 Å². The second-order valence-electron chi connectivity index (χ2n) is 1.43. The van der Waals surface area contributed by atoms with Crippen LogP contribution in [0.25, 0.3) is 0 Å². The first-order valence-corrected chi connectivity index (χ1v) is 5.40. The fourth-order valence-electron chi connectivity index (χ4n) is 0.547. The first-order chi connectivity index (χ1) is 3.00. The van der Waals surface area contributed by atoms with Gasteiger partial charge >= 0.3 is 49.3 Å². The average molecular weight is 196 g/mol. The van der Waals surface area contributed by atoms with Crippen LogP contribution < -0.4 is 21.2 Å². The summed E-state index contributed by atoms with van der Waals surface area (Å²) in [7, 11) is 0. The van der Waals surface area contributed by atoms with E-state index in [1.165, 1.54) is 12.8 Å². The van der Waals surface area contributed by atoms with Crippen molar-refractivity contribution in [3.05, 3.63) is 6.42 Å². The molecule has 1 saturated heterocycles. The minimum atomic E-state index is 0.683. The van der Waals surface area contributed by atoms with Crippen molar-refractivity contribution in [2.24, 2.45) is 0 Å². The quantitative estimate of drug-likeness (QED) is 0.240. The van der Waals surface area contributed by atoms with Crippen LogP contribution in [0.2, 0.25) is 0 Å². The third-order valence-corrected chi connectivity index (χ3v) is 3.66. The van der Waals surface area contributed by atoms with Gasteiger partial charge in [-0.2, -0.15) is 0 Å². The molecule has 6 heavy (non-hydrogen) atoms. The number of alkyl halides is 2. The summed E-state index contributed by atoms with van der Waals surface area (Å²) >= 11 is 0.683. The molecule has 36 valence electrons. The van der Waals surface area contributed by atoms with Crippen molar-refractivity contribution >= 4 is 0 Å². The maximum atomic E-state index is 2.42. The SMILES string of the molecule is [CH+]1CC[I-]CC1. The molecule has 1 heterocycles. The molecule has 0 spiro atoms. The molecule has 0 saturated carbocycles. The Morgan fingerprint density at radius 3 is 2.00 bits per heavy atom. The van der Waals surface area contributed by atoms with Gasteiger partial charge in [0.05, 0.1) is 0 Å². The van der Waals surface area contributed by atoms with Gasteiger partial charge in [-0.15, -0.1) is 0 Å². The molecule has 0 bridgehead atoms. The van der Waals surface area contributed by atoms with Crippen molar-refractivity contribution < 1.29 is 21.2 Å². The van der Waals surface area contributed by atoms with Crippen molar-refractivity contribution in [2.45, 2.75) is 12.8 Å². The van der Waals surface area contributed by atoms with Crippen LogP contribution in [0.5, 0.6) is 0 Å². The summed E-state index contributed by atoms with van der Waals surface area (Å²) in [4.78, 5) is 0. The first kappa shape index (κ1) is 4.75. The van der Waals surface area contributed by atoms with E-state index < -0.39 is 0 Å². The van der Waals surface area contributed by atoms with E-state index in [-0.39, 0.29) is 0 Å². The van der Waals surface area contributed by atoms with Gasteiger partial charge in [0.1, 0.15) is 0 Å². The molecule has 0 aliphatic carbocycles. The topological polar surface area (TPSA) is 0 Å². The predicted octanol–water partition coefficient (Wildman–Crippen LogP) is -1.93. The zero-order valence-electron chi connectivity index (χ0n) is 3.78. The number of hydrogen-bond acceptors (Lipinski definition) is 0. The van der Waals surface area contributed by atoms with E-state index in [2.05, 4.69) is 6.42 Å². The summed E-state index contributed by atoms with van der Waals surface area (Å²) in [5, 5.41) is 0. The van der Waals surface area contributed by atoms with Crippen LogP contribution in [0, 0.1) is 6.42 Å². The monoisotopic (exact) mass is 196 g/mol. The maximum absolute atomic E-state index is 2.42. The average Bonchev–Trinajstić information content (AvgIpc) is 1.72. The normalized spacial score (nSPS) is 24.0. The minimum absolute atomic E-state index is 0.683. The van der Waals surface area contributed by atoms with Gasteiger partial charge in [0.15, 0.2) is 0 Å². The molecule has 0 N–H and O–H groups in total. The third kappa shape index (κ3) is 1.37. The van der Waals surface area contributed by atoms with Crippen molar-refractivity contribution in [1.82, 2.24) is 0 Å². The summed E-state index contributed by atoms with van der Waals surface area (Å²) in [6.45, 7) is 0. The summed E-state index contributed by atoms with van der Waals surface area (Å²) in [6.07, 6.45) is 5.27. The van der Waals surface area contributed by atoms with Crippen LogP contribution in [-0.4, -0.2) is 8.86 Å². The van der Waals surface area contributed by atoms with Crippen LogP contribution in [0.3, 0.4) is 0 Å². The van der Waals surface area contributed by atoms with Gasteiger partial charge < -0.3 is 0 Å². The van der Waals surface area contributed by atoms with Gasteiger partial charge in [0, 0.05) is 0 Å². The Balaban J connectivity index is 2.00. The molecule has 0 nitrogen and oxygen atoms in total. The van der Waals surface area contributed by atoms with Crippen molar-refractivity contribution in [3.8, 4) is 0 Å². The van der Waals surface area contributed by atoms with Crippen molar-refractivity contribution in [1.29, 1.82) is 0 Å². The third-order valence-electron chi connectivity index (χ3n) is 0.894. The van der Waals surface area contributed by atoms with E-state index in [9.17, 15) is 0 Å². The van der Waals surface area contributed by atoms with Gasteiger partial charge in [-0.05, 0) is 0 Å². The Morgan fingerprint density at radius 2 is 1.83 bits per heavy atom. The molecule has 1 rings (SSSR count). The molecule has 0 aromatic rings. The van der Waals surface area contributed by atoms with Crippen LogP contribution in [-0.2, 0) is 0 Å². The van der Waals surface area contributed by atoms with Gasteiger partial charge in [-0.25, -0.2) is 0 Å². The molecule has 0 radical (unpaired) electrons. The van der Waals surface area contributed by atoms with Crippen LogP contribution in [0.4, 0.5) is 0 Å². The van der Waals surface area contributed by atoms with Crippen LogP contribution >= 0.6 is 0 Å². The molecular weight excluding hydrogens is 187 g/mol. The first-order valence-electron chi connectivity index (χ1n) is 2.35. The molecule has 0 atom stereocenters. The molecule has 1 heteroatoms. The van der Waals surface area contributed by atoms with Gasteiger partial charge in [-0.3, -0.25) is 0 Å². The molecule has 0 amide bonds. The van der Waals surface area contributed by atoms with E-state index in [1.54, 1.807) is 8.86 Å². The van der Waals surface area contributed by atoms with Gasteiger partial charge in [-0.1, -0.05) is 0 Å². The zero-order chi connectivity index (χ0) is 4.24. The van der Waals surface area contributed by atoms with Gasteiger partial charge in [0.2, 0.25) is 0 Å². The molecule has 0 aromatic heterocycles. The second kappa shape index (κ2) is 2.72. The number of halogens is 1. The van der Waals surface area contributed by atoms with E-state index in [0.717, 1.165) is 0 Å². The summed E-state index contributed by atoms with van der Waals surface area (Å²) < 4.78 is 3.11. The summed E-state index contributed by atoms with van der Waals surface area (Å²) in [6, 6.07) is 0. The molecule has 0 unspecified atom stereocenters. The number of rotatable bonds is 0. The van der Waals surface area contributed by atoms with Crippen molar-refractivity contribution in [2.75, 3.05) is 8.86 Å². The van der Waals surface area contributed by atoms with Crippen molar-refractivity contribution in [3.63, 3.8) is 0 Å². The molecule has 0 aromatic carbocycles. The number of hydrogen-bond donors (Lipinski definition) is 0. The van der Waals surface area contributed by atoms with E-state index in [4.69, 9.17) is 0 Å². The second-order valence-corrected chi connectivity index (χ2v) is 4.67. The molecule has 1 fully saturated rings. The van der Waals surface area contributed by atoms with Crippen LogP contribution in [0.1, 0.15) is 12.8 Å². The summed E-state index contributed by atoms with van der Waals surface area (Å²) in [5.41, 5.74) is 0.